The summed E-state index contributed by atoms with van der Waals surface area (Å²) in [6, 6.07) is 15.9. The van der Waals surface area contributed by atoms with E-state index in [4.69, 9.17) is 9.47 Å². The summed E-state index contributed by atoms with van der Waals surface area (Å²) < 4.78 is 10.9. The molecule has 1 amide bonds. The fourth-order valence-electron chi connectivity index (χ4n) is 2.67. The summed E-state index contributed by atoms with van der Waals surface area (Å²) in [7, 11) is 1.70. The van der Waals surface area contributed by atoms with Crippen molar-refractivity contribution in [1.82, 2.24) is 10.6 Å². The van der Waals surface area contributed by atoms with E-state index in [0.29, 0.717) is 5.75 Å². The van der Waals surface area contributed by atoms with Gasteiger partial charge in [-0.25, -0.2) is 0 Å². The topological polar surface area (TPSA) is 59.6 Å². The monoisotopic (exact) mass is 370 g/mol. The van der Waals surface area contributed by atoms with Crippen LogP contribution in [0.15, 0.2) is 48.5 Å². The number of amides is 1. The van der Waals surface area contributed by atoms with E-state index in [9.17, 15) is 4.79 Å². The van der Waals surface area contributed by atoms with E-state index in [1.54, 1.807) is 7.11 Å². The van der Waals surface area contributed by atoms with Crippen molar-refractivity contribution in [2.24, 2.45) is 0 Å². The van der Waals surface area contributed by atoms with E-state index in [-0.39, 0.29) is 18.1 Å². The van der Waals surface area contributed by atoms with Crippen molar-refractivity contribution in [2.45, 2.75) is 39.3 Å². The molecule has 0 saturated heterocycles. The first-order valence-electron chi connectivity index (χ1n) is 9.23. The molecule has 0 aliphatic carbocycles. The van der Waals surface area contributed by atoms with Gasteiger partial charge in [0.05, 0.1) is 7.11 Å². The Morgan fingerprint density at radius 2 is 1.74 bits per heavy atom. The maximum absolute atomic E-state index is 11.8. The Labute approximate surface area is 162 Å². The molecule has 0 bridgehead atoms. The van der Waals surface area contributed by atoms with Gasteiger partial charge in [-0.1, -0.05) is 30.3 Å². The van der Waals surface area contributed by atoms with Crippen molar-refractivity contribution >= 4 is 5.91 Å². The molecule has 0 aliphatic rings. The van der Waals surface area contributed by atoms with E-state index >= 15 is 0 Å². The molecule has 5 heteroatoms. The molecule has 5 nitrogen and oxygen atoms in total. The third-order valence-corrected chi connectivity index (χ3v) is 3.90. The number of ether oxygens (including phenoxy) is 2. The summed E-state index contributed by atoms with van der Waals surface area (Å²) in [6.45, 7) is 7.50. The zero-order chi connectivity index (χ0) is 19.7. The van der Waals surface area contributed by atoms with Gasteiger partial charge in [0.2, 0.25) is 0 Å². The maximum Gasteiger partial charge on any atom is 0.258 e. The third kappa shape index (κ3) is 7.71. The van der Waals surface area contributed by atoms with Crippen LogP contribution in [-0.4, -0.2) is 31.7 Å². The maximum atomic E-state index is 11.8. The van der Waals surface area contributed by atoms with E-state index in [2.05, 4.69) is 16.7 Å². The first-order chi connectivity index (χ1) is 12.9. The number of nitrogens with one attached hydrogen (secondary N) is 2. The number of benzene rings is 2. The summed E-state index contributed by atoms with van der Waals surface area (Å²) in [4.78, 5) is 11.8. The minimum absolute atomic E-state index is 0.0216. The third-order valence-electron chi connectivity index (χ3n) is 3.90. The fraction of sp³-hybridized carbons (Fsp3) is 0.409. The number of para-hydroxylation sites is 1. The van der Waals surface area contributed by atoms with Crippen LogP contribution < -0.4 is 20.1 Å². The number of methoxy groups -OCH3 is 1. The smallest absolute Gasteiger partial charge is 0.258 e. The lowest BCUT2D eigenvalue weighted by Crippen LogP contribution is -2.43. The van der Waals surface area contributed by atoms with Crippen molar-refractivity contribution in [3.05, 3.63) is 59.7 Å². The Kier molecular flexibility index (Phi) is 7.67. The SMILES string of the molecule is COc1ccccc1CCNCc1ccc(OCC(=O)NC(C)(C)C)cc1. The molecule has 2 aromatic carbocycles. The highest BCUT2D eigenvalue weighted by Gasteiger charge is 2.13. The molecule has 0 spiro atoms. The Hall–Kier alpha value is -2.53. The molecule has 146 valence electrons. The Morgan fingerprint density at radius 3 is 2.41 bits per heavy atom. The second kappa shape index (κ2) is 9.97. The van der Waals surface area contributed by atoms with Crippen LogP contribution in [-0.2, 0) is 17.8 Å². The van der Waals surface area contributed by atoms with Gasteiger partial charge >= 0.3 is 0 Å². The molecule has 2 aromatic rings. The number of hydrogen-bond acceptors (Lipinski definition) is 4. The van der Waals surface area contributed by atoms with Gasteiger partial charge in [-0.05, 0) is 63.1 Å². The van der Waals surface area contributed by atoms with Gasteiger partial charge in [0.25, 0.3) is 5.91 Å². The van der Waals surface area contributed by atoms with E-state index in [1.807, 2.05) is 63.2 Å². The number of carbonyl (C=O) groups is 1. The minimum atomic E-state index is -0.250. The van der Waals surface area contributed by atoms with E-state index in [1.165, 1.54) is 11.1 Å². The molecule has 0 saturated carbocycles. The van der Waals surface area contributed by atoms with Gasteiger partial charge in [0.15, 0.2) is 6.61 Å². The molecule has 0 unspecified atom stereocenters. The summed E-state index contributed by atoms with van der Waals surface area (Å²) in [5.74, 6) is 1.50. The molecule has 27 heavy (non-hydrogen) atoms. The summed E-state index contributed by atoms with van der Waals surface area (Å²) in [5, 5.41) is 6.31. The van der Waals surface area contributed by atoms with Gasteiger partial charge in [-0.3, -0.25) is 4.79 Å². The normalized spacial score (nSPS) is 11.1. The fourth-order valence-corrected chi connectivity index (χ4v) is 2.67. The van der Waals surface area contributed by atoms with Gasteiger partial charge in [-0.2, -0.15) is 0 Å². The zero-order valence-corrected chi connectivity index (χ0v) is 16.7. The average molecular weight is 370 g/mol. The second-order valence-electron chi connectivity index (χ2n) is 7.47. The molecule has 0 heterocycles. The highest BCUT2D eigenvalue weighted by Crippen LogP contribution is 2.17. The summed E-state index contributed by atoms with van der Waals surface area (Å²) in [5.41, 5.74) is 2.12. The van der Waals surface area contributed by atoms with Crippen LogP contribution in [0.1, 0.15) is 31.9 Å². The van der Waals surface area contributed by atoms with Crippen molar-refractivity contribution in [3.63, 3.8) is 0 Å². The van der Waals surface area contributed by atoms with Crippen LogP contribution in [0.4, 0.5) is 0 Å². The molecule has 0 atom stereocenters. The first-order valence-corrected chi connectivity index (χ1v) is 9.23. The van der Waals surface area contributed by atoms with Gasteiger partial charge in [0, 0.05) is 12.1 Å². The number of hydrogen-bond donors (Lipinski definition) is 2. The zero-order valence-electron chi connectivity index (χ0n) is 16.7. The van der Waals surface area contributed by atoms with E-state index < -0.39 is 0 Å². The lowest BCUT2D eigenvalue weighted by Gasteiger charge is -2.20. The van der Waals surface area contributed by atoms with Crippen LogP contribution in [0.3, 0.4) is 0 Å². The van der Waals surface area contributed by atoms with Crippen LogP contribution in [0.2, 0.25) is 0 Å². The predicted octanol–water partition coefficient (Wildman–Crippen LogP) is 3.32. The summed E-state index contributed by atoms with van der Waals surface area (Å²) in [6.07, 6.45) is 0.911. The Morgan fingerprint density at radius 1 is 1.04 bits per heavy atom. The van der Waals surface area contributed by atoms with Crippen LogP contribution >= 0.6 is 0 Å². The predicted molar refractivity (Wildman–Crippen MR) is 108 cm³/mol. The van der Waals surface area contributed by atoms with Crippen molar-refractivity contribution in [2.75, 3.05) is 20.3 Å². The van der Waals surface area contributed by atoms with Gasteiger partial charge < -0.3 is 20.1 Å². The lowest BCUT2D eigenvalue weighted by molar-refractivity contribution is -0.124. The highest BCUT2D eigenvalue weighted by atomic mass is 16.5. The van der Waals surface area contributed by atoms with Crippen molar-refractivity contribution in [3.8, 4) is 11.5 Å². The molecule has 0 radical (unpaired) electrons. The molecular formula is C22H30N2O3. The van der Waals surface area contributed by atoms with Crippen LogP contribution in [0, 0.1) is 0 Å². The quantitative estimate of drug-likeness (QED) is 0.665. The van der Waals surface area contributed by atoms with Gasteiger partial charge in [-0.15, -0.1) is 0 Å². The van der Waals surface area contributed by atoms with Crippen molar-refractivity contribution < 1.29 is 14.3 Å². The van der Waals surface area contributed by atoms with E-state index in [0.717, 1.165) is 25.3 Å². The Balaban J connectivity index is 1.72. The number of carbonyl (C=O) groups excluding carboxylic acids is 1. The van der Waals surface area contributed by atoms with Crippen LogP contribution in [0.25, 0.3) is 0 Å². The first kappa shape index (κ1) is 20.8. The largest absolute Gasteiger partial charge is 0.496 e. The average Bonchev–Trinajstić information content (AvgIpc) is 2.63. The molecule has 0 aliphatic heterocycles. The van der Waals surface area contributed by atoms with Crippen LogP contribution in [0.5, 0.6) is 11.5 Å². The van der Waals surface area contributed by atoms with Gasteiger partial charge in [0.1, 0.15) is 11.5 Å². The molecular weight excluding hydrogens is 340 g/mol. The minimum Gasteiger partial charge on any atom is -0.496 e. The second-order valence-corrected chi connectivity index (χ2v) is 7.47. The molecule has 2 N–H and O–H groups in total. The Bertz CT molecular complexity index is 721. The molecule has 2 rings (SSSR count). The number of rotatable bonds is 9. The van der Waals surface area contributed by atoms with Crippen molar-refractivity contribution in [1.29, 1.82) is 0 Å². The summed E-state index contributed by atoms with van der Waals surface area (Å²) >= 11 is 0. The lowest BCUT2D eigenvalue weighted by atomic mass is 10.1. The molecule has 0 fully saturated rings. The standard InChI is InChI=1S/C22H30N2O3/c1-22(2,3)24-21(25)16-27-19-11-9-17(10-12-19)15-23-14-13-18-7-5-6-8-20(18)26-4/h5-12,23H,13-16H2,1-4H3,(H,24,25). The molecule has 0 aromatic heterocycles. The highest BCUT2D eigenvalue weighted by molar-refractivity contribution is 5.78.